The van der Waals surface area contributed by atoms with Gasteiger partial charge in [0.1, 0.15) is 0 Å². The van der Waals surface area contributed by atoms with Gasteiger partial charge in [-0.3, -0.25) is 9.79 Å². The maximum absolute atomic E-state index is 11.5. The van der Waals surface area contributed by atoms with Crippen molar-refractivity contribution in [2.24, 2.45) is 4.99 Å². The molecule has 0 radical (unpaired) electrons. The van der Waals surface area contributed by atoms with Crippen LogP contribution in [0.3, 0.4) is 0 Å². The monoisotopic (exact) mass is 307 g/mol. The zero-order valence-corrected chi connectivity index (χ0v) is 13.0. The molecule has 1 unspecified atom stereocenters. The number of methoxy groups -OCH3 is 1. The van der Waals surface area contributed by atoms with E-state index in [1.807, 2.05) is 18.2 Å². The van der Waals surface area contributed by atoms with Crippen molar-refractivity contribution in [2.75, 3.05) is 32.6 Å². The van der Waals surface area contributed by atoms with Crippen LogP contribution in [0.15, 0.2) is 35.3 Å². The third-order valence-electron chi connectivity index (χ3n) is 3.11. The first-order chi connectivity index (χ1) is 10.3. The van der Waals surface area contributed by atoms with Crippen molar-refractivity contribution in [1.29, 1.82) is 0 Å². The summed E-state index contributed by atoms with van der Waals surface area (Å²) in [5.41, 5.74) is 1.27. The number of amidine groups is 1. The highest BCUT2D eigenvalue weighted by molar-refractivity contribution is 8.14. The summed E-state index contributed by atoms with van der Waals surface area (Å²) in [5.74, 6) is 0.988. The van der Waals surface area contributed by atoms with Gasteiger partial charge < -0.3 is 15.4 Å². The molecule has 0 saturated carbocycles. The van der Waals surface area contributed by atoms with Crippen LogP contribution in [-0.2, 0) is 9.53 Å². The van der Waals surface area contributed by atoms with Crippen molar-refractivity contribution in [3.63, 3.8) is 0 Å². The summed E-state index contributed by atoms with van der Waals surface area (Å²) in [5, 5.41) is 7.10. The quantitative estimate of drug-likeness (QED) is 0.751. The van der Waals surface area contributed by atoms with E-state index >= 15 is 0 Å². The molecule has 1 aromatic carbocycles. The van der Waals surface area contributed by atoms with Gasteiger partial charge in [0.2, 0.25) is 5.91 Å². The molecule has 2 N–H and O–H groups in total. The summed E-state index contributed by atoms with van der Waals surface area (Å²) in [7, 11) is 1.62. The Bertz CT molecular complexity index is 479. The van der Waals surface area contributed by atoms with E-state index in [9.17, 15) is 4.79 Å². The maximum Gasteiger partial charge on any atom is 0.221 e. The molecular formula is C15H21N3O2S. The van der Waals surface area contributed by atoms with Gasteiger partial charge in [0.05, 0.1) is 19.2 Å². The van der Waals surface area contributed by atoms with Crippen LogP contribution in [0.5, 0.6) is 0 Å². The van der Waals surface area contributed by atoms with Gasteiger partial charge in [-0.25, -0.2) is 0 Å². The Morgan fingerprint density at radius 3 is 3.05 bits per heavy atom. The van der Waals surface area contributed by atoms with Gasteiger partial charge in [0.15, 0.2) is 5.17 Å². The van der Waals surface area contributed by atoms with E-state index in [1.165, 1.54) is 5.56 Å². The van der Waals surface area contributed by atoms with E-state index < -0.39 is 0 Å². The number of aliphatic imine (C=N–C) groups is 1. The third kappa shape index (κ3) is 5.40. The van der Waals surface area contributed by atoms with Gasteiger partial charge in [0, 0.05) is 25.8 Å². The van der Waals surface area contributed by atoms with Crippen molar-refractivity contribution in [3.05, 3.63) is 35.9 Å². The average Bonchev–Trinajstić information content (AvgIpc) is 2.97. The summed E-state index contributed by atoms with van der Waals surface area (Å²) < 4.78 is 4.88. The molecular weight excluding hydrogens is 286 g/mol. The number of hydrogen-bond donors (Lipinski definition) is 2. The first-order valence-electron chi connectivity index (χ1n) is 7.04. The van der Waals surface area contributed by atoms with E-state index in [4.69, 9.17) is 4.74 Å². The fourth-order valence-electron chi connectivity index (χ4n) is 1.99. The molecule has 1 aliphatic rings. The van der Waals surface area contributed by atoms with Crippen molar-refractivity contribution in [1.82, 2.24) is 10.6 Å². The van der Waals surface area contributed by atoms with Crippen LogP contribution in [0.1, 0.15) is 18.0 Å². The van der Waals surface area contributed by atoms with E-state index in [0.717, 1.165) is 10.9 Å². The lowest BCUT2D eigenvalue weighted by atomic mass is 10.1. The van der Waals surface area contributed by atoms with Gasteiger partial charge in [-0.15, -0.1) is 0 Å². The van der Waals surface area contributed by atoms with Crippen LogP contribution >= 0.6 is 11.8 Å². The predicted octanol–water partition coefficient (Wildman–Crippen LogP) is 1.57. The zero-order valence-electron chi connectivity index (χ0n) is 12.2. The Labute approximate surface area is 129 Å². The van der Waals surface area contributed by atoms with Crippen molar-refractivity contribution < 1.29 is 9.53 Å². The van der Waals surface area contributed by atoms with E-state index in [-0.39, 0.29) is 5.91 Å². The Morgan fingerprint density at radius 1 is 1.48 bits per heavy atom. The first-order valence-corrected chi connectivity index (χ1v) is 8.02. The van der Waals surface area contributed by atoms with E-state index in [1.54, 1.807) is 18.9 Å². The summed E-state index contributed by atoms with van der Waals surface area (Å²) in [4.78, 5) is 16.0. The molecule has 1 aliphatic heterocycles. The SMILES string of the molecule is COCCNC(=O)CCN=C1NC(c2ccccc2)CS1. The van der Waals surface area contributed by atoms with Crippen LogP contribution in [0.25, 0.3) is 0 Å². The number of thioether (sulfide) groups is 1. The average molecular weight is 307 g/mol. The standard InChI is InChI=1S/C15H21N3O2S/c1-20-10-9-16-14(19)7-8-17-15-18-13(11-21-15)12-5-3-2-4-6-12/h2-6,13H,7-11H2,1H3,(H,16,19)(H,17,18). The highest BCUT2D eigenvalue weighted by Gasteiger charge is 2.21. The topological polar surface area (TPSA) is 62.7 Å². The van der Waals surface area contributed by atoms with Gasteiger partial charge in [-0.2, -0.15) is 0 Å². The summed E-state index contributed by atoms with van der Waals surface area (Å²) in [6, 6.07) is 10.6. The van der Waals surface area contributed by atoms with Crippen LogP contribution in [-0.4, -0.2) is 43.6 Å². The van der Waals surface area contributed by atoms with Gasteiger partial charge in [0.25, 0.3) is 0 Å². The predicted molar refractivity (Wildman–Crippen MR) is 86.6 cm³/mol. The fraction of sp³-hybridized carbons (Fsp3) is 0.467. The van der Waals surface area contributed by atoms with Crippen LogP contribution in [0, 0.1) is 0 Å². The Hall–Kier alpha value is -1.53. The number of nitrogens with zero attached hydrogens (tertiary/aromatic N) is 1. The molecule has 1 atom stereocenters. The lowest BCUT2D eigenvalue weighted by molar-refractivity contribution is -0.121. The molecule has 114 valence electrons. The second kappa shape index (κ2) is 8.69. The smallest absolute Gasteiger partial charge is 0.221 e. The van der Waals surface area contributed by atoms with Gasteiger partial charge in [-0.1, -0.05) is 42.1 Å². The van der Waals surface area contributed by atoms with Crippen LogP contribution < -0.4 is 10.6 Å². The molecule has 5 nitrogen and oxygen atoms in total. The molecule has 0 aromatic heterocycles. The van der Waals surface area contributed by atoms with E-state index in [0.29, 0.717) is 32.2 Å². The molecule has 6 heteroatoms. The van der Waals surface area contributed by atoms with E-state index in [2.05, 4.69) is 27.8 Å². The molecule has 1 heterocycles. The summed E-state index contributed by atoms with van der Waals surface area (Å²) in [6.45, 7) is 1.60. The molecule has 21 heavy (non-hydrogen) atoms. The number of carbonyl (C=O) groups excluding carboxylic acids is 1. The highest BCUT2D eigenvalue weighted by atomic mass is 32.2. The Kier molecular flexibility index (Phi) is 6.56. The second-order valence-corrected chi connectivity index (χ2v) is 5.71. The minimum Gasteiger partial charge on any atom is -0.383 e. The number of hydrogen-bond acceptors (Lipinski definition) is 4. The summed E-state index contributed by atoms with van der Waals surface area (Å²) >= 11 is 1.71. The van der Waals surface area contributed by atoms with Crippen LogP contribution in [0.2, 0.25) is 0 Å². The normalized spacial score (nSPS) is 19.5. The lowest BCUT2D eigenvalue weighted by Crippen LogP contribution is -2.27. The molecule has 0 bridgehead atoms. The van der Waals surface area contributed by atoms with Crippen LogP contribution in [0.4, 0.5) is 0 Å². The Balaban J connectivity index is 1.70. The molecule has 1 aromatic rings. The van der Waals surface area contributed by atoms with Gasteiger partial charge in [-0.05, 0) is 5.56 Å². The minimum absolute atomic E-state index is 0.0130. The number of benzene rings is 1. The number of ether oxygens (including phenoxy) is 1. The number of carbonyl (C=O) groups is 1. The van der Waals surface area contributed by atoms with Crippen molar-refractivity contribution >= 4 is 22.8 Å². The second-order valence-electron chi connectivity index (χ2n) is 4.70. The van der Waals surface area contributed by atoms with Crippen molar-refractivity contribution in [2.45, 2.75) is 12.5 Å². The molecule has 1 saturated heterocycles. The first kappa shape index (κ1) is 15.9. The maximum atomic E-state index is 11.5. The highest BCUT2D eigenvalue weighted by Crippen LogP contribution is 2.25. The van der Waals surface area contributed by atoms with Crippen molar-refractivity contribution in [3.8, 4) is 0 Å². The molecule has 0 spiro atoms. The van der Waals surface area contributed by atoms with Gasteiger partial charge >= 0.3 is 0 Å². The largest absolute Gasteiger partial charge is 0.383 e. The third-order valence-corrected chi connectivity index (χ3v) is 4.13. The lowest BCUT2D eigenvalue weighted by Gasteiger charge is -2.09. The fourth-order valence-corrected chi connectivity index (χ4v) is 3.00. The number of rotatable bonds is 7. The zero-order chi connectivity index (χ0) is 14.9. The number of amides is 1. The minimum atomic E-state index is 0.0130. The molecule has 1 fully saturated rings. The Morgan fingerprint density at radius 2 is 2.29 bits per heavy atom. The molecule has 1 amide bonds. The summed E-state index contributed by atoms with van der Waals surface area (Å²) in [6.07, 6.45) is 0.408. The number of nitrogens with one attached hydrogen (secondary N) is 2. The molecule has 0 aliphatic carbocycles. The molecule has 2 rings (SSSR count).